The molecule has 0 aromatic heterocycles. The smallest absolute Gasteiger partial charge is 0.303 e. The highest BCUT2D eigenvalue weighted by atomic mass is 31.2. The van der Waals surface area contributed by atoms with Crippen molar-refractivity contribution in [1.29, 1.82) is 0 Å². The third-order valence-electron chi connectivity index (χ3n) is 7.09. The number of esters is 4. The molecule has 0 unspecified atom stereocenters. The average molecular weight is 651 g/mol. The van der Waals surface area contributed by atoms with Crippen LogP contribution in [0, 0.1) is 0 Å². The van der Waals surface area contributed by atoms with Gasteiger partial charge < -0.3 is 29.4 Å². The highest BCUT2D eigenvalue weighted by Crippen LogP contribution is 2.52. The maximum absolute atomic E-state index is 14.0. The molecule has 2 N–H and O–H groups in total. The normalized spacial score (nSPS) is 22.5. The fourth-order valence-corrected chi connectivity index (χ4v) is 9.14. The van der Waals surface area contributed by atoms with Gasteiger partial charge in [-0.15, -0.1) is 0 Å². The monoisotopic (exact) mass is 650 g/mol. The van der Waals surface area contributed by atoms with Crippen molar-refractivity contribution in [2.45, 2.75) is 57.8 Å². The van der Waals surface area contributed by atoms with Crippen molar-refractivity contribution in [3.63, 3.8) is 0 Å². The second-order valence-corrected chi connectivity index (χ2v) is 13.5. The van der Waals surface area contributed by atoms with Crippen LogP contribution in [0.3, 0.4) is 0 Å². The van der Waals surface area contributed by atoms with E-state index < -0.39 is 73.6 Å². The highest BCUT2D eigenvalue weighted by Gasteiger charge is 2.64. The van der Waals surface area contributed by atoms with Crippen molar-refractivity contribution in [2.24, 2.45) is 10.5 Å². The first-order valence-corrected chi connectivity index (χ1v) is 16.1. The molecular formula is C33H35N2O10P. The van der Waals surface area contributed by atoms with E-state index in [-0.39, 0.29) is 0 Å². The summed E-state index contributed by atoms with van der Waals surface area (Å²) in [4.78, 5) is 63.3. The quantitative estimate of drug-likeness (QED) is 0.195. The number of primary amides is 1. The number of rotatable bonds is 10. The van der Waals surface area contributed by atoms with Gasteiger partial charge in [0.15, 0.2) is 12.2 Å². The summed E-state index contributed by atoms with van der Waals surface area (Å²) < 4.78 is 33.7. The molecule has 0 bridgehead atoms. The van der Waals surface area contributed by atoms with E-state index in [1.54, 1.807) is 0 Å². The fourth-order valence-electron chi connectivity index (χ4n) is 5.38. The van der Waals surface area contributed by atoms with E-state index in [2.05, 4.69) is 0 Å². The van der Waals surface area contributed by atoms with Crippen molar-refractivity contribution in [1.82, 2.24) is 0 Å². The number of hydrogen-bond acceptors (Lipinski definition) is 11. The molecule has 5 atom stereocenters. The lowest BCUT2D eigenvalue weighted by atomic mass is 9.89. The van der Waals surface area contributed by atoms with Crippen LogP contribution < -0.4 is 21.6 Å². The van der Waals surface area contributed by atoms with Crippen LogP contribution >= 0.6 is 7.05 Å². The summed E-state index contributed by atoms with van der Waals surface area (Å²) in [6.07, 6.45) is -6.48. The van der Waals surface area contributed by atoms with Gasteiger partial charge in [0, 0.05) is 43.6 Å². The van der Waals surface area contributed by atoms with Crippen LogP contribution in [0.4, 0.5) is 0 Å². The summed E-state index contributed by atoms with van der Waals surface area (Å²) >= 11 is 0. The molecule has 3 aromatic rings. The Morgan fingerprint density at radius 3 is 1.46 bits per heavy atom. The molecule has 242 valence electrons. The lowest BCUT2D eigenvalue weighted by Crippen LogP contribution is -2.71. The first kappa shape index (κ1) is 34.1. The molecule has 1 aliphatic rings. The average Bonchev–Trinajstić information content (AvgIpc) is 3.02. The second kappa shape index (κ2) is 14.5. The van der Waals surface area contributed by atoms with Crippen molar-refractivity contribution in [3.8, 4) is 0 Å². The lowest BCUT2D eigenvalue weighted by molar-refractivity contribution is -0.275. The molecule has 3 aromatic carbocycles. The fraction of sp³-hybridized carbons (Fsp3) is 0.303. The Bertz CT molecular complexity index is 1530. The van der Waals surface area contributed by atoms with Gasteiger partial charge in [0.2, 0.25) is 6.10 Å². The molecule has 0 saturated carbocycles. The number of nitrogens with zero attached hydrogens (tertiary/aromatic N) is 1. The number of benzene rings is 3. The zero-order valence-electron chi connectivity index (χ0n) is 25.7. The number of nitrogens with two attached hydrogens (primary N) is 1. The van der Waals surface area contributed by atoms with Crippen molar-refractivity contribution in [3.05, 3.63) is 91.0 Å². The minimum atomic E-state index is -3.34. The summed E-state index contributed by atoms with van der Waals surface area (Å²) in [5, 5.41) is 2.04. The molecular weight excluding hydrogens is 615 g/mol. The zero-order chi connectivity index (χ0) is 33.5. The predicted molar refractivity (Wildman–Crippen MR) is 168 cm³/mol. The van der Waals surface area contributed by atoms with Crippen LogP contribution in [0.25, 0.3) is 0 Å². The summed E-state index contributed by atoms with van der Waals surface area (Å²) in [7, 11) is -3.34. The number of ether oxygens (including phenoxy) is 5. The van der Waals surface area contributed by atoms with Gasteiger partial charge in [-0.3, -0.25) is 24.0 Å². The van der Waals surface area contributed by atoms with Crippen LogP contribution in [0.2, 0.25) is 0 Å². The topological polar surface area (TPSA) is 170 Å². The van der Waals surface area contributed by atoms with Crippen LogP contribution in [0.1, 0.15) is 27.7 Å². The van der Waals surface area contributed by atoms with Gasteiger partial charge in [-0.1, -0.05) is 91.0 Å². The van der Waals surface area contributed by atoms with Crippen LogP contribution in [-0.4, -0.2) is 66.5 Å². The van der Waals surface area contributed by atoms with Crippen molar-refractivity contribution in [2.75, 3.05) is 6.61 Å². The molecule has 4 rings (SSSR count). The molecule has 0 aliphatic carbocycles. The van der Waals surface area contributed by atoms with Gasteiger partial charge in [-0.05, 0) is 0 Å². The zero-order valence-corrected chi connectivity index (χ0v) is 26.6. The number of carbonyl (C=O) groups is 5. The largest absolute Gasteiger partial charge is 0.463 e. The van der Waals surface area contributed by atoms with Crippen LogP contribution in [0.5, 0.6) is 0 Å². The minimum absolute atomic E-state index is 0.560. The Kier molecular flexibility index (Phi) is 10.8. The standard InChI is InChI=1S/C33H35N2O10P/c1-21(36)41-20-28-29(42-22(2)37)30(43-23(3)38)31(44-24(4)39)33(45-28,32(34)40)35-46(25-14-8-5-9-15-25,26-16-10-6-11-17-26)27-18-12-7-13-19-27/h5-19,28-31H,20H2,1-4H3,(H2,34,40)/t28-,29+,30+,31-,33+/m1/s1. The summed E-state index contributed by atoms with van der Waals surface area (Å²) in [5.41, 5.74) is 3.60. The molecule has 12 nitrogen and oxygen atoms in total. The highest BCUT2D eigenvalue weighted by molar-refractivity contribution is 7.87. The van der Waals surface area contributed by atoms with Crippen LogP contribution in [-0.2, 0) is 47.7 Å². The van der Waals surface area contributed by atoms with Crippen molar-refractivity contribution >= 4 is 52.8 Å². The molecule has 1 heterocycles. The molecule has 13 heteroatoms. The lowest BCUT2D eigenvalue weighted by Gasteiger charge is -2.49. The maximum Gasteiger partial charge on any atom is 0.303 e. The van der Waals surface area contributed by atoms with E-state index in [9.17, 15) is 24.0 Å². The van der Waals surface area contributed by atoms with Gasteiger partial charge >= 0.3 is 23.9 Å². The van der Waals surface area contributed by atoms with E-state index >= 15 is 0 Å². The number of hydrogen-bond donors (Lipinski definition) is 1. The molecule has 1 fully saturated rings. The van der Waals surface area contributed by atoms with Gasteiger partial charge in [0.1, 0.15) is 12.7 Å². The molecule has 46 heavy (non-hydrogen) atoms. The Hall–Kier alpha value is -4.80. The predicted octanol–water partition coefficient (Wildman–Crippen LogP) is 2.10. The van der Waals surface area contributed by atoms with E-state index in [0.717, 1.165) is 27.7 Å². The molecule has 1 amide bonds. The van der Waals surface area contributed by atoms with Gasteiger partial charge in [0.25, 0.3) is 11.6 Å². The molecule has 1 saturated heterocycles. The molecule has 0 spiro atoms. The minimum Gasteiger partial charge on any atom is -0.463 e. The van der Waals surface area contributed by atoms with E-state index in [4.69, 9.17) is 34.2 Å². The SMILES string of the molecule is CC(=O)OC[C@H]1O[C@](N=P(c2ccccc2)(c2ccccc2)c2ccccc2)(C(N)=O)[C@H](OC(C)=O)[C@@H](OC(C)=O)[C@H]1OC(C)=O. The van der Waals surface area contributed by atoms with E-state index in [1.807, 2.05) is 91.0 Å². The Morgan fingerprint density at radius 1 is 0.674 bits per heavy atom. The van der Waals surface area contributed by atoms with Gasteiger partial charge in [-0.25, -0.2) is 4.74 Å². The van der Waals surface area contributed by atoms with E-state index in [1.165, 1.54) is 0 Å². The summed E-state index contributed by atoms with van der Waals surface area (Å²) in [6, 6.07) is 27.4. The number of carbonyl (C=O) groups excluding carboxylic acids is 5. The number of amides is 1. The maximum atomic E-state index is 14.0. The first-order chi connectivity index (χ1) is 21.9. The van der Waals surface area contributed by atoms with Gasteiger partial charge in [0.05, 0.1) is 7.05 Å². The molecule has 1 aliphatic heterocycles. The second-order valence-electron chi connectivity index (χ2n) is 10.4. The third kappa shape index (κ3) is 7.19. The Labute approximate surface area is 266 Å². The summed E-state index contributed by atoms with van der Waals surface area (Å²) in [5.74, 6) is -4.48. The first-order valence-electron chi connectivity index (χ1n) is 14.3. The van der Waals surface area contributed by atoms with Gasteiger partial charge in [-0.2, -0.15) is 0 Å². The Balaban J connectivity index is 2.19. The van der Waals surface area contributed by atoms with Crippen molar-refractivity contribution < 1.29 is 47.7 Å². The van der Waals surface area contributed by atoms with Crippen LogP contribution in [0.15, 0.2) is 95.7 Å². The third-order valence-corrected chi connectivity index (χ3v) is 10.8. The summed E-state index contributed by atoms with van der Waals surface area (Å²) in [6.45, 7) is 3.86. The Morgan fingerprint density at radius 2 is 1.09 bits per heavy atom. The van der Waals surface area contributed by atoms with E-state index in [0.29, 0.717) is 15.9 Å². The molecule has 0 radical (unpaired) electrons.